The minimum atomic E-state index is -0.166. The average Bonchev–Trinajstić information content (AvgIpc) is 2.39. The number of rotatable bonds is 3. The zero-order valence-corrected chi connectivity index (χ0v) is 9.81. The molecule has 1 aromatic heterocycles. The van der Waals surface area contributed by atoms with Crippen molar-refractivity contribution in [1.82, 2.24) is 9.97 Å². The molecule has 1 heterocycles. The van der Waals surface area contributed by atoms with Gasteiger partial charge in [0, 0.05) is 18.0 Å². The Bertz CT molecular complexity index is 543. The van der Waals surface area contributed by atoms with E-state index < -0.39 is 0 Å². The molecule has 2 aromatic rings. The van der Waals surface area contributed by atoms with Gasteiger partial charge in [0.1, 0.15) is 12.1 Å². The maximum atomic E-state index is 12.0. The normalized spacial score (nSPS) is 10.0. The van der Waals surface area contributed by atoms with Crippen LogP contribution in [0.1, 0.15) is 15.9 Å². The Balaban J connectivity index is 2.38. The quantitative estimate of drug-likeness (QED) is 0.783. The maximum Gasteiger partial charge on any atom is 0.196 e. The van der Waals surface area contributed by atoms with Crippen molar-refractivity contribution in [2.75, 3.05) is 7.11 Å². The van der Waals surface area contributed by atoms with Crippen LogP contribution >= 0.6 is 11.6 Å². The number of benzene rings is 1. The summed E-state index contributed by atoms with van der Waals surface area (Å²) in [5, 5.41) is 0.466. The summed E-state index contributed by atoms with van der Waals surface area (Å²) in [6, 6.07) is 4.86. The second kappa shape index (κ2) is 4.93. The van der Waals surface area contributed by atoms with Crippen LogP contribution in [0.5, 0.6) is 5.75 Å². The minimum Gasteiger partial charge on any atom is -0.495 e. The molecule has 5 heteroatoms. The molecule has 2 rings (SSSR count). The lowest BCUT2D eigenvalue weighted by molar-refractivity contribution is 0.103. The Morgan fingerprint density at radius 2 is 1.94 bits per heavy atom. The summed E-state index contributed by atoms with van der Waals surface area (Å²) < 4.78 is 5.06. The van der Waals surface area contributed by atoms with Gasteiger partial charge in [-0.25, -0.2) is 9.97 Å². The summed E-state index contributed by atoms with van der Waals surface area (Å²) in [5.74, 6) is 0.301. The van der Waals surface area contributed by atoms with Crippen LogP contribution in [0.2, 0.25) is 5.02 Å². The second-order valence-corrected chi connectivity index (χ2v) is 3.71. The van der Waals surface area contributed by atoms with Crippen molar-refractivity contribution in [3.8, 4) is 5.75 Å². The molecule has 86 valence electrons. The molecule has 0 aliphatic rings. The largest absolute Gasteiger partial charge is 0.495 e. The van der Waals surface area contributed by atoms with E-state index in [1.54, 1.807) is 18.2 Å². The summed E-state index contributed by atoms with van der Waals surface area (Å²) in [5.41, 5.74) is 0.915. The third-order valence-electron chi connectivity index (χ3n) is 2.24. The van der Waals surface area contributed by atoms with Gasteiger partial charge < -0.3 is 4.74 Å². The van der Waals surface area contributed by atoms with Crippen molar-refractivity contribution in [3.63, 3.8) is 0 Å². The van der Waals surface area contributed by atoms with E-state index in [-0.39, 0.29) is 5.78 Å². The highest BCUT2D eigenvalue weighted by Gasteiger charge is 2.11. The third-order valence-corrected chi connectivity index (χ3v) is 2.55. The molecule has 0 aliphatic heterocycles. The Kier molecular flexibility index (Phi) is 3.35. The first kappa shape index (κ1) is 11.5. The lowest BCUT2D eigenvalue weighted by atomic mass is 10.1. The first-order chi connectivity index (χ1) is 8.22. The molecule has 17 heavy (non-hydrogen) atoms. The Morgan fingerprint density at radius 1 is 1.24 bits per heavy atom. The second-order valence-electron chi connectivity index (χ2n) is 3.31. The zero-order valence-electron chi connectivity index (χ0n) is 9.05. The standard InChI is InChI=1S/C12H9ClN2O2/c1-17-11-4-8(2-3-10(11)13)12(16)9-5-14-7-15-6-9/h2-7H,1H3. The summed E-state index contributed by atoms with van der Waals surface area (Å²) in [6.45, 7) is 0. The van der Waals surface area contributed by atoms with Crippen molar-refractivity contribution in [2.24, 2.45) is 0 Å². The van der Waals surface area contributed by atoms with E-state index in [1.807, 2.05) is 0 Å². The molecule has 0 spiro atoms. The van der Waals surface area contributed by atoms with E-state index in [0.29, 0.717) is 21.9 Å². The smallest absolute Gasteiger partial charge is 0.196 e. The summed E-state index contributed by atoms with van der Waals surface area (Å²) in [4.78, 5) is 19.7. The van der Waals surface area contributed by atoms with Crippen LogP contribution in [0.3, 0.4) is 0 Å². The van der Waals surface area contributed by atoms with Gasteiger partial charge in [0.25, 0.3) is 0 Å². The van der Waals surface area contributed by atoms with Gasteiger partial charge in [-0.3, -0.25) is 4.79 Å². The van der Waals surface area contributed by atoms with Gasteiger partial charge in [0.05, 0.1) is 17.7 Å². The third kappa shape index (κ3) is 2.42. The summed E-state index contributed by atoms with van der Waals surface area (Å²) in [6.07, 6.45) is 4.31. The van der Waals surface area contributed by atoms with Crippen LogP contribution < -0.4 is 4.74 Å². The first-order valence-corrected chi connectivity index (χ1v) is 5.23. The molecule has 0 aliphatic carbocycles. The number of hydrogen-bond acceptors (Lipinski definition) is 4. The van der Waals surface area contributed by atoms with Crippen molar-refractivity contribution in [1.29, 1.82) is 0 Å². The Hall–Kier alpha value is -1.94. The lowest BCUT2D eigenvalue weighted by Gasteiger charge is -2.05. The number of ether oxygens (including phenoxy) is 1. The van der Waals surface area contributed by atoms with Crippen LogP contribution in [0.25, 0.3) is 0 Å². The molecule has 0 N–H and O–H groups in total. The first-order valence-electron chi connectivity index (χ1n) is 4.85. The lowest BCUT2D eigenvalue weighted by Crippen LogP contribution is -2.02. The molecule has 4 nitrogen and oxygen atoms in total. The fraction of sp³-hybridized carbons (Fsp3) is 0.0833. The predicted molar refractivity (Wildman–Crippen MR) is 63.5 cm³/mol. The topological polar surface area (TPSA) is 52.1 Å². The summed E-state index contributed by atoms with van der Waals surface area (Å²) >= 11 is 5.89. The molecule has 0 saturated carbocycles. The monoisotopic (exact) mass is 248 g/mol. The highest BCUT2D eigenvalue weighted by atomic mass is 35.5. The van der Waals surface area contributed by atoms with Gasteiger partial charge in [-0.05, 0) is 18.2 Å². The van der Waals surface area contributed by atoms with Gasteiger partial charge in [0.2, 0.25) is 0 Å². The Morgan fingerprint density at radius 3 is 2.59 bits per heavy atom. The van der Waals surface area contributed by atoms with Crippen LogP contribution in [-0.2, 0) is 0 Å². The van der Waals surface area contributed by atoms with Gasteiger partial charge >= 0.3 is 0 Å². The summed E-state index contributed by atoms with van der Waals surface area (Å²) in [7, 11) is 1.50. The van der Waals surface area contributed by atoms with Crippen LogP contribution in [-0.4, -0.2) is 22.9 Å². The van der Waals surface area contributed by atoms with Crippen molar-refractivity contribution in [3.05, 3.63) is 53.1 Å². The number of carbonyl (C=O) groups excluding carboxylic acids is 1. The number of ketones is 1. The molecule has 0 bridgehead atoms. The van der Waals surface area contributed by atoms with Gasteiger partial charge in [-0.1, -0.05) is 11.6 Å². The minimum absolute atomic E-state index is 0.166. The average molecular weight is 249 g/mol. The number of hydrogen-bond donors (Lipinski definition) is 0. The molecular formula is C12H9ClN2O2. The van der Waals surface area contributed by atoms with E-state index in [1.165, 1.54) is 25.8 Å². The van der Waals surface area contributed by atoms with Crippen LogP contribution in [0, 0.1) is 0 Å². The maximum absolute atomic E-state index is 12.0. The van der Waals surface area contributed by atoms with Crippen molar-refractivity contribution in [2.45, 2.75) is 0 Å². The molecule has 0 radical (unpaired) electrons. The fourth-order valence-electron chi connectivity index (χ4n) is 1.38. The molecule has 1 aromatic carbocycles. The van der Waals surface area contributed by atoms with Crippen molar-refractivity contribution >= 4 is 17.4 Å². The van der Waals surface area contributed by atoms with Gasteiger partial charge in [0.15, 0.2) is 5.78 Å². The fourth-order valence-corrected chi connectivity index (χ4v) is 1.58. The zero-order chi connectivity index (χ0) is 12.3. The van der Waals surface area contributed by atoms with E-state index in [2.05, 4.69) is 9.97 Å². The number of halogens is 1. The number of carbonyl (C=O) groups is 1. The van der Waals surface area contributed by atoms with E-state index >= 15 is 0 Å². The van der Waals surface area contributed by atoms with Gasteiger partial charge in [-0.2, -0.15) is 0 Å². The highest BCUT2D eigenvalue weighted by Crippen LogP contribution is 2.25. The van der Waals surface area contributed by atoms with Crippen LogP contribution in [0.15, 0.2) is 36.9 Å². The molecule has 0 amide bonds. The number of nitrogens with zero attached hydrogens (tertiary/aromatic N) is 2. The van der Waals surface area contributed by atoms with Crippen LogP contribution in [0.4, 0.5) is 0 Å². The molecule has 0 saturated heterocycles. The Labute approximate surface area is 103 Å². The van der Waals surface area contributed by atoms with E-state index in [4.69, 9.17) is 16.3 Å². The van der Waals surface area contributed by atoms with Crippen molar-refractivity contribution < 1.29 is 9.53 Å². The van der Waals surface area contributed by atoms with Gasteiger partial charge in [-0.15, -0.1) is 0 Å². The SMILES string of the molecule is COc1cc(C(=O)c2cncnc2)ccc1Cl. The molecule has 0 atom stereocenters. The molecule has 0 fully saturated rings. The molecule has 0 unspecified atom stereocenters. The highest BCUT2D eigenvalue weighted by molar-refractivity contribution is 6.32. The number of methoxy groups -OCH3 is 1. The van der Waals surface area contributed by atoms with E-state index in [9.17, 15) is 4.79 Å². The predicted octanol–water partition coefficient (Wildman–Crippen LogP) is 2.37. The van der Waals surface area contributed by atoms with E-state index in [0.717, 1.165) is 0 Å². The number of aromatic nitrogens is 2. The molecular weight excluding hydrogens is 240 g/mol.